The van der Waals surface area contributed by atoms with Gasteiger partial charge in [-0.2, -0.15) is 0 Å². The highest BCUT2D eigenvalue weighted by Gasteiger charge is 2.37. The summed E-state index contributed by atoms with van der Waals surface area (Å²) in [5.74, 6) is 0.143. The fraction of sp³-hybridized carbons (Fsp3) is 0.350. The highest BCUT2D eigenvalue weighted by atomic mass is 16.2. The lowest BCUT2D eigenvalue weighted by molar-refractivity contribution is -0.122. The first-order valence-corrected chi connectivity index (χ1v) is 7.88. The van der Waals surface area contributed by atoms with Gasteiger partial charge in [-0.3, -0.25) is 4.79 Å². The minimum absolute atomic E-state index is 0.0297. The molecule has 1 aliphatic rings. The quantitative estimate of drug-likeness (QED) is 0.722. The number of hydrogen-bond donors (Lipinski definition) is 0. The van der Waals surface area contributed by atoms with Crippen LogP contribution in [0.2, 0.25) is 0 Å². The average molecular weight is 293 g/mol. The Hall–Kier alpha value is -2.09. The van der Waals surface area contributed by atoms with Gasteiger partial charge in [-0.1, -0.05) is 56.3 Å². The molecule has 1 heterocycles. The summed E-state index contributed by atoms with van der Waals surface area (Å²) in [6.07, 6.45) is 2.20. The third kappa shape index (κ3) is 2.14. The van der Waals surface area contributed by atoms with E-state index in [9.17, 15) is 4.79 Å². The zero-order chi connectivity index (χ0) is 16.1. The second-order valence-corrected chi connectivity index (χ2v) is 6.99. The first-order chi connectivity index (χ1) is 10.3. The highest BCUT2D eigenvalue weighted by molar-refractivity contribution is 6.10. The van der Waals surface area contributed by atoms with Crippen LogP contribution in [0.15, 0.2) is 42.5 Å². The lowest BCUT2D eigenvalue weighted by atomic mass is 9.86. The lowest BCUT2D eigenvalue weighted by Gasteiger charge is -2.43. The summed E-state index contributed by atoms with van der Waals surface area (Å²) in [4.78, 5) is 14.9. The third-order valence-electron chi connectivity index (χ3n) is 4.41. The number of carbonyl (C=O) groups excluding carboxylic acids is 1. The molecule has 0 fully saturated rings. The topological polar surface area (TPSA) is 20.3 Å². The van der Waals surface area contributed by atoms with Crippen molar-refractivity contribution in [1.29, 1.82) is 0 Å². The number of hydrogen-bond acceptors (Lipinski definition) is 1. The molecular weight excluding hydrogens is 270 g/mol. The molecule has 3 rings (SSSR count). The number of nitrogens with zero attached hydrogens (tertiary/aromatic N) is 1. The van der Waals surface area contributed by atoms with E-state index in [1.807, 2.05) is 30.9 Å². The molecule has 0 saturated carbocycles. The Labute approximate surface area is 132 Å². The Kier molecular flexibility index (Phi) is 3.36. The summed E-state index contributed by atoms with van der Waals surface area (Å²) in [5.41, 5.74) is 3.13. The maximum Gasteiger partial charge on any atom is 0.230 e. The van der Waals surface area contributed by atoms with Crippen molar-refractivity contribution in [3.05, 3.63) is 48.0 Å². The molecule has 2 aromatic carbocycles. The molecule has 0 bridgehead atoms. The van der Waals surface area contributed by atoms with Gasteiger partial charge in [0.05, 0.1) is 11.2 Å². The maximum atomic E-state index is 12.9. The fourth-order valence-corrected chi connectivity index (χ4v) is 3.43. The van der Waals surface area contributed by atoms with Gasteiger partial charge in [-0.05, 0) is 31.7 Å². The van der Waals surface area contributed by atoms with Crippen LogP contribution in [0, 0.1) is 5.92 Å². The third-order valence-corrected chi connectivity index (χ3v) is 4.41. The predicted molar refractivity (Wildman–Crippen MR) is 94.0 cm³/mol. The summed E-state index contributed by atoms with van der Waals surface area (Å²) in [6.45, 7) is 10.3. The van der Waals surface area contributed by atoms with Crippen molar-refractivity contribution in [2.24, 2.45) is 5.92 Å². The van der Waals surface area contributed by atoms with Gasteiger partial charge in [0.25, 0.3) is 0 Å². The Bertz CT molecular complexity index is 783. The highest BCUT2D eigenvalue weighted by Crippen LogP contribution is 2.43. The van der Waals surface area contributed by atoms with E-state index in [-0.39, 0.29) is 17.4 Å². The molecule has 0 unspecified atom stereocenters. The van der Waals surface area contributed by atoms with E-state index >= 15 is 0 Å². The van der Waals surface area contributed by atoms with Crippen LogP contribution in [0.5, 0.6) is 0 Å². The van der Waals surface area contributed by atoms with Crippen LogP contribution < -0.4 is 4.90 Å². The molecule has 0 radical (unpaired) electrons. The Morgan fingerprint density at radius 1 is 1.09 bits per heavy atom. The summed E-state index contributed by atoms with van der Waals surface area (Å²) in [6, 6.07) is 12.6. The van der Waals surface area contributed by atoms with Gasteiger partial charge >= 0.3 is 0 Å². The number of rotatable bonds is 1. The van der Waals surface area contributed by atoms with Gasteiger partial charge in [0, 0.05) is 16.9 Å². The van der Waals surface area contributed by atoms with Gasteiger partial charge in [0.1, 0.15) is 0 Å². The van der Waals surface area contributed by atoms with Crippen molar-refractivity contribution in [1.82, 2.24) is 0 Å². The van der Waals surface area contributed by atoms with Gasteiger partial charge in [-0.25, -0.2) is 0 Å². The minimum Gasteiger partial charge on any atom is -0.302 e. The molecule has 0 aromatic heterocycles. The second kappa shape index (κ2) is 4.98. The minimum atomic E-state index is -0.317. The number of benzene rings is 2. The standard InChI is InChI=1S/C20H23NO/c1-13(2)19(22)21-18-16(14(3)12-20(21,4)5)11-10-15-8-6-7-9-17(15)18/h6-13H,1-5H3. The van der Waals surface area contributed by atoms with Gasteiger partial charge in [0.15, 0.2) is 0 Å². The number of carbonyl (C=O) groups is 1. The molecule has 0 N–H and O–H groups in total. The van der Waals surface area contributed by atoms with E-state index in [4.69, 9.17) is 0 Å². The molecule has 1 aliphatic heterocycles. The monoisotopic (exact) mass is 293 g/mol. The van der Waals surface area contributed by atoms with E-state index in [1.165, 1.54) is 11.0 Å². The van der Waals surface area contributed by atoms with Crippen LogP contribution in [-0.2, 0) is 4.79 Å². The summed E-state index contributed by atoms with van der Waals surface area (Å²) in [7, 11) is 0. The number of anilines is 1. The number of allylic oxidation sites excluding steroid dienone is 1. The molecule has 0 saturated heterocycles. The van der Waals surface area contributed by atoms with E-state index in [1.54, 1.807) is 0 Å². The molecule has 0 spiro atoms. The zero-order valence-electron chi connectivity index (χ0n) is 14.0. The maximum absolute atomic E-state index is 12.9. The van der Waals surface area contributed by atoms with Crippen molar-refractivity contribution < 1.29 is 4.79 Å². The van der Waals surface area contributed by atoms with Crippen LogP contribution in [0.1, 0.15) is 40.2 Å². The average Bonchev–Trinajstić information content (AvgIpc) is 2.45. The second-order valence-electron chi connectivity index (χ2n) is 6.99. The SMILES string of the molecule is CC1=CC(C)(C)N(C(=O)C(C)C)c2c1ccc1ccccc21. The normalized spacial score (nSPS) is 16.6. The van der Waals surface area contributed by atoms with Gasteiger partial charge < -0.3 is 4.90 Å². The molecule has 0 aliphatic carbocycles. The number of fused-ring (bicyclic) bond motifs is 3. The van der Waals surface area contributed by atoms with Crippen molar-refractivity contribution in [3.63, 3.8) is 0 Å². The van der Waals surface area contributed by atoms with Crippen LogP contribution in [-0.4, -0.2) is 11.4 Å². The van der Waals surface area contributed by atoms with E-state index in [0.29, 0.717) is 0 Å². The van der Waals surface area contributed by atoms with Crippen LogP contribution in [0.3, 0.4) is 0 Å². The molecule has 2 heteroatoms. The number of amides is 1. The van der Waals surface area contributed by atoms with Gasteiger partial charge in [-0.15, -0.1) is 0 Å². The fourth-order valence-electron chi connectivity index (χ4n) is 3.43. The molecule has 0 atom stereocenters. The Balaban J connectivity index is 2.38. The predicted octanol–water partition coefficient (Wildman–Crippen LogP) is 5.02. The van der Waals surface area contributed by atoms with E-state index in [0.717, 1.165) is 16.6 Å². The van der Waals surface area contributed by atoms with E-state index < -0.39 is 0 Å². The molecule has 2 aromatic rings. The van der Waals surface area contributed by atoms with Crippen molar-refractivity contribution >= 4 is 27.9 Å². The summed E-state index contributed by atoms with van der Waals surface area (Å²) >= 11 is 0. The van der Waals surface area contributed by atoms with E-state index in [2.05, 4.69) is 51.1 Å². The van der Waals surface area contributed by atoms with Crippen LogP contribution in [0.25, 0.3) is 16.3 Å². The first kappa shape index (κ1) is 14.8. The van der Waals surface area contributed by atoms with Crippen molar-refractivity contribution in [2.75, 3.05) is 4.90 Å². The molecule has 114 valence electrons. The lowest BCUT2D eigenvalue weighted by Crippen LogP contribution is -2.50. The Morgan fingerprint density at radius 2 is 1.77 bits per heavy atom. The molecule has 22 heavy (non-hydrogen) atoms. The van der Waals surface area contributed by atoms with Gasteiger partial charge in [0.2, 0.25) is 5.91 Å². The smallest absolute Gasteiger partial charge is 0.230 e. The van der Waals surface area contributed by atoms with Crippen molar-refractivity contribution in [2.45, 2.75) is 40.2 Å². The Morgan fingerprint density at radius 3 is 2.45 bits per heavy atom. The molecule has 2 nitrogen and oxygen atoms in total. The first-order valence-electron chi connectivity index (χ1n) is 7.88. The largest absolute Gasteiger partial charge is 0.302 e. The molecular formula is C20H23NO. The van der Waals surface area contributed by atoms with Crippen LogP contribution in [0.4, 0.5) is 5.69 Å². The van der Waals surface area contributed by atoms with Crippen molar-refractivity contribution in [3.8, 4) is 0 Å². The summed E-state index contributed by atoms with van der Waals surface area (Å²) in [5, 5.41) is 2.32. The summed E-state index contributed by atoms with van der Waals surface area (Å²) < 4.78 is 0. The molecule has 1 amide bonds. The zero-order valence-corrected chi connectivity index (χ0v) is 14.0. The van der Waals surface area contributed by atoms with Crippen LogP contribution >= 0.6 is 0 Å².